The van der Waals surface area contributed by atoms with Crippen LogP contribution in [0.2, 0.25) is 0 Å². The van der Waals surface area contributed by atoms with Gasteiger partial charge in [0, 0.05) is 25.0 Å². The maximum Gasteiger partial charge on any atom is 0.259 e. The molecular formula is C21H25N5O2. The smallest absolute Gasteiger partial charge is 0.259 e. The lowest BCUT2D eigenvalue weighted by Crippen LogP contribution is -2.46. The number of hydrogen-bond acceptors (Lipinski definition) is 5. The van der Waals surface area contributed by atoms with Gasteiger partial charge in [-0.25, -0.2) is 9.50 Å². The molecule has 0 saturated heterocycles. The van der Waals surface area contributed by atoms with E-state index in [4.69, 9.17) is 4.74 Å². The summed E-state index contributed by atoms with van der Waals surface area (Å²) in [5, 5.41) is 4.33. The van der Waals surface area contributed by atoms with Gasteiger partial charge in [-0.1, -0.05) is 12.1 Å². The molecule has 7 heteroatoms. The number of carbonyl (C=O) groups excluding carboxylic acids is 1. The number of aryl methyl sites for hydroxylation is 2. The Labute approximate surface area is 164 Å². The van der Waals surface area contributed by atoms with Gasteiger partial charge in [-0.15, -0.1) is 0 Å². The predicted molar refractivity (Wildman–Crippen MR) is 108 cm³/mol. The molecule has 1 aliphatic heterocycles. The van der Waals surface area contributed by atoms with Gasteiger partial charge in [0.05, 0.1) is 25.0 Å². The Bertz CT molecular complexity index is 1030. The van der Waals surface area contributed by atoms with E-state index in [0.717, 1.165) is 35.9 Å². The third-order valence-electron chi connectivity index (χ3n) is 5.14. The minimum atomic E-state index is -0.0991. The van der Waals surface area contributed by atoms with Crippen molar-refractivity contribution in [3.8, 4) is 5.75 Å². The molecule has 1 amide bonds. The number of nitrogens with zero attached hydrogens (tertiary/aromatic N) is 5. The summed E-state index contributed by atoms with van der Waals surface area (Å²) in [4.78, 5) is 21.6. The molecule has 0 N–H and O–H groups in total. The molecular weight excluding hydrogens is 354 g/mol. The number of ether oxygens (including phenoxy) is 1. The van der Waals surface area contributed by atoms with Crippen molar-refractivity contribution in [1.29, 1.82) is 0 Å². The van der Waals surface area contributed by atoms with Gasteiger partial charge in [-0.2, -0.15) is 5.10 Å². The van der Waals surface area contributed by atoms with Crippen LogP contribution in [0.4, 0.5) is 5.69 Å². The molecule has 28 heavy (non-hydrogen) atoms. The van der Waals surface area contributed by atoms with E-state index in [9.17, 15) is 4.79 Å². The second-order valence-electron chi connectivity index (χ2n) is 7.26. The molecule has 1 aliphatic rings. The highest BCUT2D eigenvalue weighted by atomic mass is 16.5. The van der Waals surface area contributed by atoms with E-state index >= 15 is 0 Å². The molecule has 0 saturated carbocycles. The second kappa shape index (κ2) is 7.14. The van der Waals surface area contributed by atoms with Crippen molar-refractivity contribution < 1.29 is 9.53 Å². The average Bonchev–Trinajstić information content (AvgIpc) is 3.10. The first-order valence-corrected chi connectivity index (χ1v) is 9.56. The van der Waals surface area contributed by atoms with Crippen LogP contribution in [-0.4, -0.2) is 58.2 Å². The van der Waals surface area contributed by atoms with E-state index in [-0.39, 0.29) is 12.0 Å². The van der Waals surface area contributed by atoms with E-state index in [1.807, 2.05) is 38.1 Å². The van der Waals surface area contributed by atoms with Crippen molar-refractivity contribution in [2.45, 2.75) is 26.9 Å². The van der Waals surface area contributed by atoms with Crippen molar-refractivity contribution in [2.24, 2.45) is 0 Å². The maximum absolute atomic E-state index is 13.1. The lowest BCUT2D eigenvalue weighted by atomic mass is 10.1. The van der Waals surface area contributed by atoms with Gasteiger partial charge < -0.3 is 14.5 Å². The van der Waals surface area contributed by atoms with Crippen molar-refractivity contribution in [3.05, 3.63) is 53.5 Å². The number of rotatable bonds is 4. The number of likely N-dealkylation sites (N-methyl/N-ethyl adjacent to an activating group) is 2. The maximum atomic E-state index is 13.1. The van der Waals surface area contributed by atoms with Gasteiger partial charge >= 0.3 is 0 Å². The van der Waals surface area contributed by atoms with Gasteiger partial charge in [0.15, 0.2) is 5.65 Å². The summed E-state index contributed by atoms with van der Waals surface area (Å²) >= 11 is 0. The molecule has 3 heterocycles. The number of benzene rings is 1. The van der Waals surface area contributed by atoms with E-state index in [0.29, 0.717) is 17.8 Å². The highest BCUT2D eigenvalue weighted by molar-refractivity contribution is 5.99. The SMILES string of the molecule is CCN1CC(CN(C)C(=O)c2cnn3c(C)cc(C)nc23)Oc2ccccc21. The Morgan fingerprint density at radius 3 is 2.89 bits per heavy atom. The minimum Gasteiger partial charge on any atom is -0.485 e. The van der Waals surface area contributed by atoms with Crippen LogP contribution >= 0.6 is 0 Å². The summed E-state index contributed by atoms with van der Waals surface area (Å²) in [7, 11) is 1.80. The average molecular weight is 379 g/mol. The summed E-state index contributed by atoms with van der Waals surface area (Å²) in [5.41, 5.74) is 4.04. The van der Waals surface area contributed by atoms with E-state index in [1.165, 1.54) is 0 Å². The molecule has 146 valence electrons. The van der Waals surface area contributed by atoms with Crippen molar-refractivity contribution in [2.75, 3.05) is 31.6 Å². The zero-order valence-electron chi connectivity index (χ0n) is 16.7. The van der Waals surface area contributed by atoms with Gasteiger partial charge in [0.2, 0.25) is 0 Å². The van der Waals surface area contributed by atoms with Crippen molar-refractivity contribution in [1.82, 2.24) is 19.5 Å². The fourth-order valence-electron chi connectivity index (χ4n) is 3.79. The molecule has 2 aromatic heterocycles. The van der Waals surface area contributed by atoms with Crippen LogP contribution in [0, 0.1) is 13.8 Å². The monoisotopic (exact) mass is 379 g/mol. The third-order valence-corrected chi connectivity index (χ3v) is 5.14. The second-order valence-corrected chi connectivity index (χ2v) is 7.26. The van der Waals surface area contributed by atoms with Crippen LogP contribution in [0.25, 0.3) is 5.65 Å². The van der Waals surface area contributed by atoms with Crippen molar-refractivity contribution >= 4 is 17.2 Å². The van der Waals surface area contributed by atoms with Gasteiger partial charge in [0.25, 0.3) is 5.91 Å². The lowest BCUT2D eigenvalue weighted by molar-refractivity contribution is 0.0711. The quantitative estimate of drug-likeness (QED) is 0.697. The predicted octanol–water partition coefficient (Wildman–Crippen LogP) is 2.71. The van der Waals surface area contributed by atoms with Gasteiger partial charge in [-0.05, 0) is 39.0 Å². The van der Waals surface area contributed by atoms with Crippen LogP contribution in [0.1, 0.15) is 28.7 Å². The topological polar surface area (TPSA) is 63.0 Å². The summed E-state index contributed by atoms with van der Waals surface area (Å²) in [6, 6.07) is 9.98. The van der Waals surface area contributed by atoms with E-state index in [2.05, 4.69) is 28.0 Å². The normalized spacial score (nSPS) is 16.0. The first kappa shape index (κ1) is 18.3. The van der Waals surface area contributed by atoms with Crippen LogP contribution in [-0.2, 0) is 0 Å². The molecule has 3 aromatic rings. The highest BCUT2D eigenvalue weighted by Gasteiger charge is 2.28. The molecule has 0 fully saturated rings. The van der Waals surface area contributed by atoms with E-state index in [1.54, 1.807) is 22.7 Å². The molecule has 4 rings (SSSR count). The number of carbonyl (C=O) groups is 1. The van der Waals surface area contributed by atoms with E-state index < -0.39 is 0 Å². The molecule has 1 atom stereocenters. The minimum absolute atomic E-state index is 0.0953. The van der Waals surface area contributed by atoms with Crippen LogP contribution in [0.5, 0.6) is 5.75 Å². The fraction of sp³-hybridized carbons (Fsp3) is 0.381. The largest absolute Gasteiger partial charge is 0.485 e. The molecule has 0 aliphatic carbocycles. The first-order valence-electron chi connectivity index (χ1n) is 9.56. The number of aromatic nitrogens is 3. The lowest BCUT2D eigenvalue weighted by Gasteiger charge is -2.37. The zero-order valence-corrected chi connectivity index (χ0v) is 16.7. The Morgan fingerprint density at radius 1 is 1.32 bits per heavy atom. The first-order chi connectivity index (χ1) is 13.5. The fourth-order valence-corrected chi connectivity index (χ4v) is 3.79. The van der Waals surface area contributed by atoms with Crippen molar-refractivity contribution in [3.63, 3.8) is 0 Å². The number of fused-ring (bicyclic) bond motifs is 2. The zero-order chi connectivity index (χ0) is 19.8. The Morgan fingerprint density at radius 2 is 2.11 bits per heavy atom. The Hall–Kier alpha value is -3.09. The standard InChI is InChI=1S/C21H25N5O2/c1-5-25-13-16(28-19-9-7-6-8-18(19)25)12-24(4)21(27)17-11-22-26-15(3)10-14(2)23-20(17)26/h6-11,16H,5,12-13H2,1-4H3. The summed E-state index contributed by atoms with van der Waals surface area (Å²) in [6.45, 7) is 8.14. The molecule has 0 bridgehead atoms. The van der Waals surface area contributed by atoms with Crippen LogP contribution in [0.3, 0.4) is 0 Å². The van der Waals surface area contributed by atoms with Crippen LogP contribution < -0.4 is 9.64 Å². The number of anilines is 1. The van der Waals surface area contributed by atoms with Crippen LogP contribution in [0.15, 0.2) is 36.5 Å². The summed E-state index contributed by atoms with van der Waals surface area (Å²) in [6.07, 6.45) is 1.50. The molecule has 1 unspecified atom stereocenters. The number of para-hydroxylation sites is 2. The molecule has 7 nitrogen and oxygen atoms in total. The molecule has 1 aromatic carbocycles. The summed E-state index contributed by atoms with van der Waals surface area (Å²) in [5.74, 6) is 0.767. The Balaban J connectivity index is 1.54. The van der Waals surface area contributed by atoms with Gasteiger partial charge in [-0.3, -0.25) is 4.79 Å². The molecule has 0 spiro atoms. The Kier molecular flexibility index (Phi) is 4.66. The highest BCUT2D eigenvalue weighted by Crippen LogP contribution is 2.33. The molecule has 0 radical (unpaired) electrons. The third kappa shape index (κ3) is 3.17. The number of amides is 1. The number of hydrogen-bond donors (Lipinski definition) is 0. The van der Waals surface area contributed by atoms with Gasteiger partial charge in [0.1, 0.15) is 17.4 Å². The summed E-state index contributed by atoms with van der Waals surface area (Å²) < 4.78 is 7.86.